The number of nitrogen functional groups attached to an aromatic ring is 1. The molecule has 4 bridgehead atoms. The van der Waals surface area contributed by atoms with Gasteiger partial charge in [-0.25, -0.2) is 4.79 Å². The highest BCUT2D eigenvalue weighted by atomic mass is 35.5. The number of amides is 2. The van der Waals surface area contributed by atoms with Crippen molar-refractivity contribution in [2.24, 2.45) is 5.92 Å². The number of alkyl carbamates (subject to hydrolysis) is 1. The van der Waals surface area contributed by atoms with Crippen LogP contribution in [0.25, 0.3) is 0 Å². The Balaban J connectivity index is 1.51. The largest absolute Gasteiger partial charge is 0.495 e. The maximum atomic E-state index is 14.0. The van der Waals surface area contributed by atoms with E-state index in [4.69, 9.17) is 41.0 Å². The van der Waals surface area contributed by atoms with Gasteiger partial charge in [-0.05, 0) is 62.1 Å². The zero-order chi connectivity index (χ0) is 36.4. The van der Waals surface area contributed by atoms with Crippen LogP contribution in [-0.2, 0) is 41.4 Å². The van der Waals surface area contributed by atoms with Crippen molar-refractivity contribution in [3.05, 3.63) is 76.3 Å². The number of anilines is 2. The molecule has 2 saturated heterocycles. The number of methoxy groups -OCH3 is 2. The summed E-state index contributed by atoms with van der Waals surface area (Å²) >= 11 is 6.74. The zero-order valence-corrected chi connectivity index (χ0v) is 30.0. The van der Waals surface area contributed by atoms with Gasteiger partial charge in [-0.1, -0.05) is 54.5 Å². The Kier molecular flexibility index (Phi) is 11.2. The standard InChI is InChI=1S/C37H46ClN3O9/c1-21-8-7-9-29(47-6)37(45)20-28(48-35(44)40-37)22(2)34-36(3,50-34)30(49-32(43)15-12-23-10-13-25(39)14-11-23)19-31(42)41(4)26-17-24(16-21)18-27(46-5)33(26)38/h7-11,13-14,17-18,22,28-30,34,45H,12,15-16,19-20,39H2,1-6H3,(H,40,44)/b9-7+,21-8+/t22-,28+,29-,30+,34+,36+,37+/m1/s1. The van der Waals surface area contributed by atoms with Crippen LogP contribution in [0.1, 0.15) is 51.2 Å². The lowest BCUT2D eigenvalue weighted by Crippen LogP contribution is -2.63. The molecule has 270 valence electrons. The number of carbonyl (C=O) groups excluding carboxylic acids is 3. The number of hydrogen-bond donors (Lipinski definition) is 3. The van der Waals surface area contributed by atoms with Gasteiger partial charge in [-0.2, -0.15) is 0 Å². The number of rotatable bonds is 6. The third-order valence-electron chi connectivity index (χ3n) is 9.82. The van der Waals surface area contributed by atoms with Crippen LogP contribution < -0.4 is 20.7 Å². The molecular weight excluding hydrogens is 666 g/mol. The highest BCUT2D eigenvalue weighted by Crippen LogP contribution is 2.49. The van der Waals surface area contributed by atoms with E-state index in [0.29, 0.717) is 30.0 Å². The topological polar surface area (TPSA) is 162 Å². The number of nitrogens with zero attached hydrogens (tertiary/aromatic N) is 1. The van der Waals surface area contributed by atoms with Crippen LogP contribution in [0.5, 0.6) is 5.75 Å². The summed E-state index contributed by atoms with van der Waals surface area (Å²) in [4.78, 5) is 41.6. The predicted octanol–water partition coefficient (Wildman–Crippen LogP) is 4.88. The van der Waals surface area contributed by atoms with Gasteiger partial charge in [0.1, 0.15) is 34.7 Å². The minimum Gasteiger partial charge on any atom is -0.495 e. The number of halogens is 1. The molecule has 2 fully saturated rings. The van der Waals surface area contributed by atoms with E-state index in [2.05, 4.69) is 5.32 Å². The Bertz CT molecular complexity index is 1660. The van der Waals surface area contributed by atoms with Gasteiger partial charge in [-0.3, -0.25) is 14.9 Å². The second kappa shape index (κ2) is 15.0. The summed E-state index contributed by atoms with van der Waals surface area (Å²) < 4.78 is 29.1. The Labute approximate surface area is 297 Å². The summed E-state index contributed by atoms with van der Waals surface area (Å²) in [6, 6.07) is 10.8. The number of ether oxygens (including phenoxy) is 5. The van der Waals surface area contributed by atoms with Crippen molar-refractivity contribution in [2.75, 3.05) is 31.9 Å². The molecule has 2 aromatic rings. The first kappa shape index (κ1) is 37.2. The summed E-state index contributed by atoms with van der Waals surface area (Å²) in [5.74, 6) is -0.952. The number of nitrogens with one attached hydrogen (secondary N) is 1. The summed E-state index contributed by atoms with van der Waals surface area (Å²) in [7, 11) is 4.56. The number of aryl methyl sites for hydroxylation is 1. The van der Waals surface area contributed by atoms with E-state index in [1.807, 2.05) is 44.2 Å². The third-order valence-corrected chi connectivity index (χ3v) is 10.2. The molecule has 3 aliphatic heterocycles. The fraction of sp³-hybridized carbons (Fsp3) is 0.486. The molecule has 5 rings (SSSR count). The summed E-state index contributed by atoms with van der Waals surface area (Å²) in [5, 5.41) is 14.5. The normalized spacial score (nSPS) is 31.7. The molecular formula is C37H46ClN3O9. The Morgan fingerprint density at radius 2 is 1.92 bits per heavy atom. The van der Waals surface area contributed by atoms with E-state index in [9.17, 15) is 19.5 Å². The van der Waals surface area contributed by atoms with E-state index in [0.717, 1.165) is 16.7 Å². The fourth-order valence-electron chi connectivity index (χ4n) is 6.75. The van der Waals surface area contributed by atoms with E-state index in [-0.39, 0.29) is 30.2 Å². The molecule has 3 aliphatic rings. The van der Waals surface area contributed by atoms with Crippen LogP contribution in [0.4, 0.5) is 16.2 Å². The molecule has 12 nitrogen and oxygen atoms in total. The lowest BCUT2D eigenvalue weighted by molar-refractivity contribution is -0.153. The molecule has 7 atom stereocenters. The van der Waals surface area contributed by atoms with Gasteiger partial charge < -0.3 is 39.4 Å². The maximum absolute atomic E-state index is 14.0. The average Bonchev–Trinajstić information content (AvgIpc) is 3.77. The number of fused-ring (bicyclic) bond motifs is 5. The smallest absolute Gasteiger partial charge is 0.409 e. The zero-order valence-electron chi connectivity index (χ0n) is 29.2. The second-order valence-corrected chi connectivity index (χ2v) is 13.9. The first-order valence-corrected chi connectivity index (χ1v) is 17.0. The second-order valence-electron chi connectivity index (χ2n) is 13.5. The van der Waals surface area contributed by atoms with E-state index < -0.39 is 53.7 Å². The number of aliphatic hydroxyl groups is 1. The van der Waals surface area contributed by atoms with Crippen molar-refractivity contribution >= 4 is 40.9 Å². The maximum Gasteiger partial charge on any atom is 0.409 e. The SMILES string of the molecule is COc1cc2cc(c1Cl)N(C)C(=O)C[C@H](OC(=O)CCc1ccc(N)cc1)[C@]1(C)O[C@H]1[C@H](C)[C@@H]1C[C@@](O)(NC(=O)O1)[C@H](OC)/C=C/C=C(\C)C2. The van der Waals surface area contributed by atoms with Gasteiger partial charge in [0.05, 0.1) is 25.3 Å². The van der Waals surface area contributed by atoms with Gasteiger partial charge >= 0.3 is 12.1 Å². The minimum absolute atomic E-state index is 0.0147. The van der Waals surface area contributed by atoms with Gasteiger partial charge in [-0.15, -0.1) is 0 Å². The van der Waals surface area contributed by atoms with Crippen LogP contribution in [0.2, 0.25) is 5.02 Å². The number of hydrogen-bond acceptors (Lipinski definition) is 10. The highest BCUT2D eigenvalue weighted by Gasteiger charge is 2.64. The minimum atomic E-state index is -1.79. The molecule has 0 aromatic heterocycles. The molecule has 3 heterocycles. The quantitative estimate of drug-likeness (QED) is 0.214. The van der Waals surface area contributed by atoms with Crippen LogP contribution in [0.15, 0.2) is 60.2 Å². The number of benzene rings is 2. The molecule has 0 saturated carbocycles. The summed E-state index contributed by atoms with van der Waals surface area (Å²) in [6.07, 6.45) is 1.90. The van der Waals surface area contributed by atoms with E-state index in [1.165, 1.54) is 19.1 Å². The van der Waals surface area contributed by atoms with Gasteiger partial charge in [0.15, 0.2) is 5.72 Å². The summed E-state index contributed by atoms with van der Waals surface area (Å²) in [5.41, 5.74) is 6.64. The van der Waals surface area contributed by atoms with Gasteiger partial charge in [0, 0.05) is 38.6 Å². The Hall–Kier alpha value is -4.10. The molecule has 0 radical (unpaired) electrons. The first-order valence-electron chi connectivity index (χ1n) is 16.6. The average molecular weight is 712 g/mol. The number of nitrogens with two attached hydrogens (primary N) is 1. The van der Waals surface area contributed by atoms with Crippen molar-refractivity contribution in [2.45, 2.75) is 88.6 Å². The first-order chi connectivity index (χ1) is 23.7. The Morgan fingerprint density at radius 1 is 1.20 bits per heavy atom. The van der Waals surface area contributed by atoms with Crippen LogP contribution in [0, 0.1) is 5.92 Å². The molecule has 13 heteroatoms. The number of epoxide rings is 1. The van der Waals surface area contributed by atoms with E-state index >= 15 is 0 Å². The van der Waals surface area contributed by atoms with Crippen LogP contribution in [-0.4, -0.2) is 80.1 Å². The number of esters is 1. The van der Waals surface area contributed by atoms with E-state index in [1.54, 1.807) is 38.3 Å². The summed E-state index contributed by atoms with van der Waals surface area (Å²) in [6.45, 7) is 5.53. The van der Waals surface area contributed by atoms with Gasteiger partial charge in [0.25, 0.3) is 0 Å². The van der Waals surface area contributed by atoms with Crippen molar-refractivity contribution in [1.82, 2.24) is 5.32 Å². The molecule has 2 amide bonds. The van der Waals surface area contributed by atoms with Crippen molar-refractivity contribution in [1.29, 1.82) is 0 Å². The van der Waals surface area contributed by atoms with Crippen LogP contribution >= 0.6 is 11.6 Å². The highest BCUT2D eigenvalue weighted by molar-refractivity contribution is 6.35. The number of allylic oxidation sites excluding steroid dienone is 3. The monoisotopic (exact) mass is 711 g/mol. The third kappa shape index (κ3) is 8.10. The lowest BCUT2D eigenvalue weighted by atomic mass is 9.83. The number of carbonyl (C=O) groups is 3. The fourth-order valence-corrected chi connectivity index (χ4v) is 7.07. The van der Waals surface area contributed by atoms with Crippen molar-refractivity contribution < 1.29 is 43.2 Å². The molecule has 0 aliphatic carbocycles. The molecule has 50 heavy (non-hydrogen) atoms. The molecule has 2 aromatic carbocycles. The van der Waals surface area contributed by atoms with Crippen LogP contribution in [0.3, 0.4) is 0 Å². The van der Waals surface area contributed by atoms with Gasteiger partial charge in [0.2, 0.25) is 5.91 Å². The Morgan fingerprint density at radius 3 is 2.60 bits per heavy atom. The van der Waals surface area contributed by atoms with Crippen molar-refractivity contribution in [3.8, 4) is 5.75 Å². The molecule has 4 N–H and O–H groups in total. The lowest BCUT2D eigenvalue weighted by Gasteiger charge is -2.42. The molecule has 0 unspecified atom stereocenters. The molecule has 0 spiro atoms. The predicted molar refractivity (Wildman–Crippen MR) is 188 cm³/mol. The van der Waals surface area contributed by atoms with Crippen molar-refractivity contribution in [3.63, 3.8) is 0 Å².